The molecule has 3 amide bonds. The van der Waals surface area contributed by atoms with Crippen LogP contribution in [-0.4, -0.2) is 36.9 Å². The first-order chi connectivity index (χ1) is 14.8. The third-order valence-corrected chi connectivity index (χ3v) is 4.97. The van der Waals surface area contributed by atoms with E-state index in [0.29, 0.717) is 0 Å². The van der Waals surface area contributed by atoms with Gasteiger partial charge in [0.05, 0.1) is 24.1 Å². The number of anilines is 1. The maximum Gasteiger partial charge on any atom is 0.418 e. The topological polar surface area (TPSA) is 91.7 Å². The van der Waals surface area contributed by atoms with Crippen molar-refractivity contribution in [3.05, 3.63) is 54.0 Å². The smallest absolute Gasteiger partial charge is 0.418 e. The highest BCUT2D eigenvalue weighted by atomic mass is 19.4. The first-order valence-electron chi connectivity index (χ1n) is 9.83. The van der Waals surface area contributed by atoms with Crippen molar-refractivity contribution in [3.8, 4) is 0 Å². The second kappa shape index (κ2) is 9.67. The fourth-order valence-corrected chi connectivity index (χ4v) is 3.49. The van der Waals surface area contributed by atoms with Crippen molar-refractivity contribution in [2.24, 2.45) is 0 Å². The lowest BCUT2D eigenvalue weighted by Gasteiger charge is -2.26. The maximum absolute atomic E-state index is 13.5. The molecule has 3 rings (SSSR count). The fraction of sp³-hybridized carbons (Fsp3) is 0.381. The van der Waals surface area contributed by atoms with Gasteiger partial charge in [-0.1, -0.05) is 25.0 Å². The Labute approximate surface area is 176 Å². The van der Waals surface area contributed by atoms with E-state index in [1.54, 1.807) is 0 Å². The van der Waals surface area contributed by atoms with Crippen molar-refractivity contribution in [2.75, 3.05) is 18.0 Å². The molecule has 0 saturated heterocycles. The van der Waals surface area contributed by atoms with Crippen molar-refractivity contribution in [3.63, 3.8) is 0 Å². The largest absolute Gasteiger partial charge is 0.459 e. The fourth-order valence-electron chi connectivity index (χ4n) is 3.49. The Morgan fingerprint density at radius 3 is 2.42 bits per heavy atom. The summed E-state index contributed by atoms with van der Waals surface area (Å²) in [7, 11) is 0. The molecule has 1 fully saturated rings. The highest BCUT2D eigenvalue weighted by Crippen LogP contribution is 2.36. The lowest BCUT2D eigenvalue weighted by atomic mass is 10.1. The average Bonchev–Trinajstić information content (AvgIpc) is 3.43. The Bertz CT molecular complexity index is 922. The third-order valence-electron chi connectivity index (χ3n) is 4.97. The zero-order chi connectivity index (χ0) is 22.4. The van der Waals surface area contributed by atoms with Gasteiger partial charge < -0.3 is 20.0 Å². The molecule has 2 N–H and O–H groups in total. The van der Waals surface area contributed by atoms with Crippen LogP contribution in [0.3, 0.4) is 0 Å². The molecule has 1 aliphatic rings. The quantitative estimate of drug-likeness (QED) is 0.696. The van der Waals surface area contributed by atoms with Crippen LogP contribution in [0.5, 0.6) is 0 Å². The van der Waals surface area contributed by atoms with Crippen LogP contribution in [0, 0.1) is 0 Å². The highest BCUT2D eigenvalue weighted by molar-refractivity contribution is 6.02. The van der Waals surface area contributed by atoms with E-state index in [0.717, 1.165) is 42.7 Å². The molecule has 31 heavy (non-hydrogen) atoms. The van der Waals surface area contributed by atoms with Gasteiger partial charge in [-0.25, -0.2) is 0 Å². The highest BCUT2D eigenvalue weighted by Gasteiger charge is 2.36. The number of amides is 3. The summed E-state index contributed by atoms with van der Waals surface area (Å²) < 4.78 is 45.5. The number of hydrogen-bond donors (Lipinski definition) is 2. The maximum atomic E-state index is 13.5. The van der Waals surface area contributed by atoms with E-state index in [9.17, 15) is 27.6 Å². The number of alkyl halides is 3. The molecule has 1 saturated carbocycles. The number of rotatable bonds is 7. The predicted molar refractivity (Wildman–Crippen MR) is 105 cm³/mol. The van der Waals surface area contributed by atoms with Crippen molar-refractivity contribution in [1.82, 2.24) is 10.6 Å². The zero-order valence-corrected chi connectivity index (χ0v) is 16.6. The minimum absolute atomic E-state index is 0.0472. The van der Waals surface area contributed by atoms with Gasteiger partial charge in [0.15, 0.2) is 5.76 Å². The molecule has 1 aromatic heterocycles. The van der Waals surface area contributed by atoms with Crippen molar-refractivity contribution >= 4 is 23.4 Å². The molecular formula is C21H22F3N3O4. The van der Waals surface area contributed by atoms with Crippen LogP contribution >= 0.6 is 0 Å². The van der Waals surface area contributed by atoms with Crippen molar-refractivity contribution in [2.45, 2.75) is 37.9 Å². The van der Waals surface area contributed by atoms with E-state index in [1.165, 1.54) is 30.5 Å². The number of benzene rings is 1. The molecule has 0 spiro atoms. The number of furan rings is 1. The number of halogens is 3. The van der Waals surface area contributed by atoms with Gasteiger partial charge in [-0.3, -0.25) is 14.4 Å². The summed E-state index contributed by atoms with van der Waals surface area (Å²) in [5, 5.41) is 5.07. The SMILES string of the molecule is O=C(CN(C(=O)CNC(=O)c1ccco1)c1ccccc1C(F)(F)F)NC1CCCC1. The summed E-state index contributed by atoms with van der Waals surface area (Å²) in [6, 6.07) is 7.32. The number of hydrogen-bond acceptors (Lipinski definition) is 4. The van der Waals surface area contributed by atoms with Crippen LogP contribution in [0.2, 0.25) is 0 Å². The normalized spacial score (nSPS) is 14.3. The molecule has 1 heterocycles. The van der Waals surface area contributed by atoms with Crippen LogP contribution in [0.15, 0.2) is 47.1 Å². The Kier molecular flexibility index (Phi) is 6.98. The molecule has 1 aliphatic carbocycles. The van der Waals surface area contributed by atoms with E-state index in [-0.39, 0.29) is 11.8 Å². The molecular weight excluding hydrogens is 415 g/mol. The lowest BCUT2D eigenvalue weighted by molar-refractivity contribution is -0.137. The van der Waals surface area contributed by atoms with Gasteiger partial charge in [-0.15, -0.1) is 0 Å². The Morgan fingerprint density at radius 2 is 1.77 bits per heavy atom. The van der Waals surface area contributed by atoms with Gasteiger partial charge in [0, 0.05) is 6.04 Å². The van der Waals surface area contributed by atoms with Crippen molar-refractivity contribution < 1.29 is 32.0 Å². The van der Waals surface area contributed by atoms with E-state index in [2.05, 4.69) is 10.6 Å². The molecule has 2 aromatic rings. The number of nitrogens with one attached hydrogen (secondary N) is 2. The van der Waals surface area contributed by atoms with E-state index >= 15 is 0 Å². The number of nitrogens with zero attached hydrogens (tertiary/aromatic N) is 1. The summed E-state index contributed by atoms with van der Waals surface area (Å²) >= 11 is 0. The molecule has 10 heteroatoms. The van der Waals surface area contributed by atoms with Crippen LogP contribution in [0.25, 0.3) is 0 Å². The van der Waals surface area contributed by atoms with Gasteiger partial charge >= 0.3 is 6.18 Å². The first-order valence-corrected chi connectivity index (χ1v) is 9.83. The van der Waals surface area contributed by atoms with Gasteiger partial charge in [-0.2, -0.15) is 13.2 Å². The van der Waals surface area contributed by atoms with Gasteiger partial charge in [-0.05, 0) is 37.1 Å². The van der Waals surface area contributed by atoms with Crippen LogP contribution < -0.4 is 15.5 Å². The molecule has 0 atom stereocenters. The van der Waals surface area contributed by atoms with E-state index < -0.39 is 48.2 Å². The molecule has 0 bridgehead atoms. The van der Waals surface area contributed by atoms with Gasteiger partial charge in [0.25, 0.3) is 5.91 Å². The summed E-state index contributed by atoms with van der Waals surface area (Å²) in [4.78, 5) is 38.0. The Morgan fingerprint density at radius 1 is 1.06 bits per heavy atom. The summed E-state index contributed by atoms with van der Waals surface area (Å²) in [6.45, 7) is -1.21. The number of para-hydroxylation sites is 1. The van der Waals surface area contributed by atoms with E-state index in [4.69, 9.17) is 4.42 Å². The average molecular weight is 437 g/mol. The second-order valence-corrected chi connectivity index (χ2v) is 7.20. The molecule has 0 radical (unpaired) electrons. The molecule has 0 unspecified atom stereocenters. The third kappa shape index (κ3) is 5.87. The summed E-state index contributed by atoms with van der Waals surface area (Å²) in [5.41, 5.74) is -1.50. The van der Waals surface area contributed by atoms with Crippen LogP contribution in [-0.2, 0) is 15.8 Å². The summed E-state index contributed by atoms with van der Waals surface area (Å²) in [6.07, 6.45) is 0.0487. The molecule has 166 valence electrons. The van der Waals surface area contributed by atoms with Crippen LogP contribution in [0.4, 0.5) is 18.9 Å². The number of carbonyl (C=O) groups is 3. The summed E-state index contributed by atoms with van der Waals surface area (Å²) in [5.74, 6) is -2.17. The zero-order valence-electron chi connectivity index (χ0n) is 16.6. The minimum Gasteiger partial charge on any atom is -0.459 e. The monoisotopic (exact) mass is 437 g/mol. The number of carbonyl (C=O) groups excluding carboxylic acids is 3. The van der Waals surface area contributed by atoms with Gasteiger partial charge in [0.1, 0.15) is 6.54 Å². The van der Waals surface area contributed by atoms with Crippen LogP contribution in [0.1, 0.15) is 41.8 Å². The van der Waals surface area contributed by atoms with Crippen molar-refractivity contribution in [1.29, 1.82) is 0 Å². The standard InChI is InChI=1S/C21H22F3N3O4/c22-21(23,24)15-8-3-4-9-16(15)27(13-18(28)26-14-6-1-2-7-14)19(29)12-25-20(30)17-10-5-11-31-17/h3-5,8-11,14H,1-2,6-7,12-13H2,(H,25,30)(H,26,28). The first kappa shape index (κ1) is 22.4. The minimum atomic E-state index is -4.73. The molecule has 0 aliphatic heterocycles. The second-order valence-electron chi connectivity index (χ2n) is 7.20. The van der Waals surface area contributed by atoms with Gasteiger partial charge in [0.2, 0.25) is 11.8 Å². The predicted octanol–water partition coefficient (Wildman–Crippen LogP) is 3.12. The molecule has 7 nitrogen and oxygen atoms in total. The lowest BCUT2D eigenvalue weighted by Crippen LogP contribution is -2.47. The Balaban J connectivity index is 1.79. The van der Waals surface area contributed by atoms with E-state index in [1.807, 2.05) is 0 Å². The Hall–Kier alpha value is -3.30. The molecule has 1 aromatic carbocycles.